The van der Waals surface area contributed by atoms with E-state index in [1.807, 2.05) is 0 Å². The molecule has 1 aromatic rings. The van der Waals surface area contributed by atoms with E-state index in [9.17, 15) is 0 Å². The predicted molar refractivity (Wildman–Crippen MR) is 35.9 cm³/mol. The fraction of sp³-hybridized carbons (Fsp3) is 0.500. The van der Waals surface area contributed by atoms with E-state index in [2.05, 4.69) is 21.3 Å². The molecule has 0 aromatic carbocycles. The van der Waals surface area contributed by atoms with Crippen LogP contribution in [0.5, 0.6) is 6.01 Å². The van der Waals surface area contributed by atoms with Crippen LogP contribution in [0, 0.1) is 6.33 Å². The molecule has 5 heteroatoms. The van der Waals surface area contributed by atoms with E-state index >= 15 is 0 Å². The van der Waals surface area contributed by atoms with E-state index in [-0.39, 0.29) is 6.01 Å². The standard InChI is InChI=1S/C6H8N3O2/c1-10-3-5-7-4-8-6(9-5)11-2/h3H2,1-2H3. The van der Waals surface area contributed by atoms with Crippen molar-refractivity contribution in [2.75, 3.05) is 14.2 Å². The highest BCUT2D eigenvalue weighted by molar-refractivity contribution is 4.92. The monoisotopic (exact) mass is 154 g/mol. The van der Waals surface area contributed by atoms with Crippen molar-refractivity contribution in [3.05, 3.63) is 12.2 Å². The van der Waals surface area contributed by atoms with Gasteiger partial charge in [-0.15, -0.1) is 0 Å². The van der Waals surface area contributed by atoms with Crippen molar-refractivity contribution in [3.8, 4) is 6.01 Å². The first-order chi connectivity index (χ1) is 5.36. The molecule has 0 aliphatic heterocycles. The van der Waals surface area contributed by atoms with Gasteiger partial charge in [-0.05, 0) is 0 Å². The van der Waals surface area contributed by atoms with Gasteiger partial charge in [-0.25, -0.2) is 4.98 Å². The maximum Gasteiger partial charge on any atom is 0.320 e. The molecule has 59 valence electrons. The van der Waals surface area contributed by atoms with Crippen LogP contribution in [0.25, 0.3) is 0 Å². The first kappa shape index (κ1) is 7.87. The number of hydrogen-bond acceptors (Lipinski definition) is 5. The summed E-state index contributed by atoms with van der Waals surface area (Å²) in [5.41, 5.74) is 0. The minimum absolute atomic E-state index is 0.257. The Bertz CT molecular complexity index is 229. The summed E-state index contributed by atoms with van der Waals surface area (Å²) in [6, 6.07) is 0.257. The Hall–Kier alpha value is -1.23. The highest BCUT2D eigenvalue weighted by Gasteiger charge is 1.98. The lowest BCUT2D eigenvalue weighted by Gasteiger charge is -1.98. The minimum atomic E-state index is 0.257. The predicted octanol–water partition coefficient (Wildman–Crippen LogP) is -0.173. The van der Waals surface area contributed by atoms with Gasteiger partial charge in [-0.3, -0.25) is 0 Å². The van der Waals surface area contributed by atoms with Crippen LogP contribution in [0.3, 0.4) is 0 Å². The Balaban J connectivity index is 2.74. The zero-order valence-electron chi connectivity index (χ0n) is 6.37. The third kappa shape index (κ3) is 2.12. The molecule has 0 spiro atoms. The van der Waals surface area contributed by atoms with Gasteiger partial charge < -0.3 is 9.47 Å². The summed E-state index contributed by atoms with van der Waals surface area (Å²) >= 11 is 0. The summed E-state index contributed by atoms with van der Waals surface area (Å²) in [6.07, 6.45) is 2.40. The number of rotatable bonds is 3. The van der Waals surface area contributed by atoms with Crippen molar-refractivity contribution >= 4 is 0 Å². The fourth-order valence-electron chi connectivity index (χ4n) is 0.571. The molecule has 0 amide bonds. The molecule has 0 aliphatic rings. The second-order valence-electron chi connectivity index (χ2n) is 1.77. The lowest BCUT2D eigenvalue weighted by atomic mass is 10.6. The van der Waals surface area contributed by atoms with Gasteiger partial charge in [0.05, 0.1) is 7.11 Å². The van der Waals surface area contributed by atoms with E-state index in [4.69, 9.17) is 9.47 Å². The third-order valence-corrected chi connectivity index (χ3v) is 1.01. The molecule has 0 saturated carbocycles. The summed E-state index contributed by atoms with van der Waals surface area (Å²) in [6.45, 7) is 0.343. The molecular formula is C6H8N3O2. The summed E-state index contributed by atoms with van der Waals surface area (Å²) in [5, 5.41) is 0. The van der Waals surface area contributed by atoms with Crippen LogP contribution >= 0.6 is 0 Å². The van der Waals surface area contributed by atoms with Gasteiger partial charge in [0.15, 0.2) is 5.82 Å². The number of hydrogen-bond donors (Lipinski definition) is 0. The topological polar surface area (TPSA) is 57.1 Å². The third-order valence-electron chi connectivity index (χ3n) is 1.01. The van der Waals surface area contributed by atoms with Gasteiger partial charge in [0.2, 0.25) is 6.33 Å². The molecule has 0 saturated heterocycles. The first-order valence-electron chi connectivity index (χ1n) is 3.00. The maximum atomic E-state index is 4.80. The van der Waals surface area contributed by atoms with Crippen LogP contribution in [0.1, 0.15) is 5.82 Å². The lowest BCUT2D eigenvalue weighted by molar-refractivity contribution is 0.176. The van der Waals surface area contributed by atoms with Crippen molar-refractivity contribution in [2.24, 2.45) is 0 Å². The second kappa shape index (κ2) is 3.82. The van der Waals surface area contributed by atoms with Crippen molar-refractivity contribution in [1.82, 2.24) is 15.0 Å². The average Bonchev–Trinajstić information content (AvgIpc) is 2.06. The number of aromatic nitrogens is 3. The van der Waals surface area contributed by atoms with Crippen molar-refractivity contribution in [3.63, 3.8) is 0 Å². The molecule has 11 heavy (non-hydrogen) atoms. The Morgan fingerprint density at radius 1 is 1.36 bits per heavy atom. The van der Waals surface area contributed by atoms with Gasteiger partial charge in [0.1, 0.15) is 6.61 Å². The Morgan fingerprint density at radius 3 is 2.82 bits per heavy atom. The number of nitrogens with zero attached hydrogens (tertiary/aromatic N) is 3. The van der Waals surface area contributed by atoms with Crippen LogP contribution in [0.2, 0.25) is 0 Å². The van der Waals surface area contributed by atoms with Gasteiger partial charge in [-0.2, -0.15) is 9.97 Å². The van der Waals surface area contributed by atoms with E-state index in [1.54, 1.807) is 7.11 Å². The lowest BCUT2D eigenvalue weighted by Crippen LogP contribution is -2.00. The van der Waals surface area contributed by atoms with Gasteiger partial charge in [0, 0.05) is 7.11 Å². The second-order valence-corrected chi connectivity index (χ2v) is 1.77. The Labute approximate surface area is 64.4 Å². The largest absolute Gasteiger partial charge is 0.467 e. The smallest absolute Gasteiger partial charge is 0.320 e. The van der Waals surface area contributed by atoms with Crippen LogP contribution in [0.15, 0.2) is 0 Å². The van der Waals surface area contributed by atoms with E-state index in [0.717, 1.165) is 0 Å². The zero-order chi connectivity index (χ0) is 8.10. The first-order valence-corrected chi connectivity index (χ1v) is 3.00. The zero-order valence-corrected chi connectivity index (χ0v) is 6.37. The van der Waals surface area contributed by atoms with Crippen molar-refractivity contribution < 1.29 is 9.47 Å². The van der Waals surface area contributed by atoms with Crippen LogP contribution in [-0.4, -0.2) is 29.2 Å². The molecule has 1 aromatic heterocycles. The highest BCUT2D eigenvalue weighted by atomic mass is 16.5. The SMILES string of the molecule is COCc1n[c]nc(OC)n1. The molecule has 0 bridgehead atoms. The molecule has 0 unspecified atom stereocenters. The fourth-order valence-corrected chi connectivity index (χ4v) is 0.571. The number of ether oxygens (including phenoxy) is 2. The Kier molecular flexibility index (Phi) is 2.74. The normalized spacial score (nSPS) is 9.64. The maximum absolute atomic E-state index is 4.80. The summed E-state index contributed by atoms with van der Waals surface area (Å²) < 4.78 is 9.55. The molecule has 1 heterocycles. The molecular weight excluding hydrogens is 146 g/mol. The quantitative estimate of drug-likeness (QED) is 0.604. The van der Waals surface area contributed by atoms with Crippen molar-refractivity contribution in [2.45, 2.75) is 6.61 Å². The molecule has 1 radical (unpaired) electrons. The molecule has 5 nitrogen and oxygen atoms in total. The minimum Gasteiger partial charge on any atom is -0.467 e. The summed E-state index contributed by atoms with van der Waals surface area (Å²) in [7, 11) is 3.05. The summed E-state index contributed by atoms with van der Waals surface area (Å²) in [4.78, 5) is 11.2. The molecule has 0 fully saturated rings. The molecule has 0 N–H and O–H groups in total. The van der Waals surface area contributed by atoms with Crippen LogP contribution < -0.4 is 4.74 Å². The Morgan fingerprint density at radius 2 is 2.18 bits per heavy atom. The van der Waals surface area contributed by atoms with Crippen LogP contribution in [0.4, 0.5) is 0 Å². The van der Waals surface area contributed by atoms with E-state index < -0.39 is 0 Å². The molecule has 1 rings (SSSR count). The molecule has 0 aliphatic carbocycles. The molecule has 0 atom stereocenters. The highest BCUT2D eigenvalue weighted by Crippen LogP contribution is 1.98. The van der Waals surface area contributed by atoms with Crippen molar-refractivity contribution in [1.29, 1.82) is 0 Å². The van der Waals surface area contributed by atoms with Gasteiger partial charge in [-0.1, -0.05) is 0 Å². The van der Waals surface area contributed by atoms with Gasteiger partial charge >= 0.3 is 6.01 Å². The van der Waals surface area contributed by atoms with Crippen LogP contribution in [-0.2, 0) is 11.3 Å². The summed E-state index contributed by atoms with van der Waals surface area (Å²) in [5.74, 6) is 0.513. The average molecular weight is 154 g/mol. The van der Waals surface area contributed by atoms with Gasteiger partial charge in [0.25, 0.3) is 0 Å². The number of methoxy groups -OCH3 is 2. The van der Waals surface area contributed by atoms with E-state index in [0.29, 0.717) is 12.4 Å². The van der Waals surface area contributed by atoms with E-state index in [1.165, 1.54) is 7.11 Å².